The van der Waals surface area contributed by atoms with Crippen LogP contribution in [0.4, 0.5) is 5.69 Å². The standard InChI is InChI=1S/C22H29N3O5/c1-13(2)14(3)23-21(27)15-4-6-24(7-5-15)12-25-17-11-19-18(29-8-9-30-19)10-16(17)20(26)22(25)28/h10-11,13-15H,4-9,12H2,1-3H3,(H,23,27). The molecule has 30 heavy (non-hydrogen) atoms. The third kappa shape index (κ3) is 3.88. The molecule has 2 amide bonds. The molecule has 8 heteroatoms. The lowest BCUT2D eigenvalue weighted by Crippen LogP contribution is -2.47. The summed E-state index contributed by atoms with van der Waals surface area (Å²) in [6.45, 7) is 8.81. The molecular weight excluding hydrogens is 386 g/mol. The zero-order valence-electron chi connectivity index (χ0n) is 17.8. The molecule has 0 spiro atoms. The minimum atomic E-state index is -0.530. The number of hydrogen-bond acceptors (Lipinski definition) is 6. The maximum Gasteiger partial charge on any atom is 0.300 e. The van der Waals surface area contributed by atoms with Crippen LogP contribution >= 0.6 is 0 Å². The van der Waals surface area contributed by atoms with Crippen LogP contribution < -0.4 is 19.7 Å². The average Bonchev–Trinajstić information content (AvgIpc) is 2.97. The van der Waals surface area contributed by atoms with Gasteiger partial charge in [0.1, 0.15) is 13.2 Å². The molecule has 3 aliphatic rings. The summed E-state index contributed by atoms with van der Waals surface area (Å²) in [5.41, 5.74) is 0.932. The number of nitrogens with one attached hydrogen (secondary N) is 1. The van der Waals surface area contributed by atoms with Crippen LogP contribution in [0.1, 0.15) is 44.0 Å². The van der Waals surface area contributed by atoms with Crippen molar-refractivity contribution in [3.05, 3.63) is 17.7 Å². The van der Waals surface area contributed by atoms with E-state index in [2.05, 4.69) is 24.1 Å². The minimum absolute atomic E-state index is 0.0109. The molecule has 0 radical (unpaired) electrons. The summed E-state index contributed by atoms with van der Waals surface area (Å²) in [5, 5.41) is 3.10. The SMILES string of the molecule is CC(C)C(C)NC(=O)C1CCN(CN2C(=O)C(=O)c3cc4c(cc32)OCCO4)CC1. The molecule has 1 saturated heterocycles. The number of fused-ring (bicyclic) bond motifs is 2. The zero-order chi connectivity index (χ0) is 21.4. The van der Waals surface area contributed by atoms with Crippen molar-refractivity contribution in [2.75, 3.05) is 37.9 Å². The van der Waals surface area contributed by atoms with Gasteiger partial charge in [0.25, 0.3) is 5.78 Å². The van der Waals surface area contributed by atoms with Crippen LogP contribution in [0.15, 0.2) is 12.1 Å². The number of amides is 2. The average molecular weight is 415 g/mol. The number of ether oxygens (including phenoxy) is 2. The van der Waals surface area contributed by atoms with Gasteiger partial charge in [0.2, 0.25) is 5.91 Å². The second-order valence-electron chi connectivity index (χ2n) is 8.65. The Bertz CT molecular complexity index is 861. The summed E-state index contributed by atoms with van der Waals surface area (Å²) in [6.07, 6.45) is 1.47. The van der Waals surface area contributed by atoms with Gasteiger partial charge in [-0.3, -0.25) is 24.2 Å². The van der Waals surface area contributed by atoms with E-state index in [1.54, 1.807) is 12.1 Å². The van der Waals surface area contributed by atoms with Crippen molar-refractivity contribution in [1.29, 1.82) is 0 Å². The van der Waals surface area contributed by atoms with Crippen LogP contribution in [0.2, 0.25) is 0 Å². The third-order valence-electron chi connectivity index (χ3n) is 6.31. The number of ketones is 1. The molecule has 0 aromatic heterocycles. The van der Waals surface area contributed by atoms with Gasteiger partial charge in [0, 0.05) is 31.1 Å². The van der Waals surface area contributed by atoms with E-state index in [9.17, 15) is 14.4 Å². The van der Waals surface area contributed by atoms with Gasteiger partial charge in [0.05, 0.1) is 17.9 Å². The lowest BCUT2D eigenvalue weighted by molar-refractivity contribution is -0.127. The van der Waals surface area contributed by atoms with Crippen molar-refractivity contribution >= 4 is 23.3 Å². The van der Waals surface area contributed by atoms with Gasteiger partial charge < -0.3 is 14.8 Å². The van der Waals surface area contributed by atoms with Crippen molar-refractivity contribution in [3.8, 4) is 11.5 Å². The molecule has 8 nitrogen and oxygen atoms in total. The van der Waals surface area contributed by atoms with E-state index in [1.807, 2.05) is 6.92 Å². The number of piperidine rings is 1. The number of carbonyl (C=O) groups excluding carboxylic acids is 3. The fourth-order valence-electron chi connectivity index (χ4n) is 4.02. The van der Waals surface area contributed by atoms with E-state index in [0.29, 0.717) is 61.6 Å². The van der Waals surface area contributed by atoms with E-state index >= 15 is 0 Å². The smallest absolute Gasteiger partial charge is 0.300 e. The first kappa shape index (κ1) is 20.7. The lowest BCUT2D eigenvalue weighted by Gasteiger charge is -2.34. The highest BCUT2D eigenvalue weighted by molar-refractivity contribution is 6.52. The summed E-state index contributed by atoms with van der Waals surface area (Å²) < 4.78 is 11.2. The van der Waals surface area contributed by atoms with Crippen LogP contribution in [0.25, 0.3) is 0 Å². The number of anilines is 1. The minimum Gasteiger partial charge on any atom is -0.486 e. The fraction of sp³-hybridized carbons (Fsp3) is 0.591. The van der Waals surface area contributed by atoms with Gasteiger partial charge >= 0.3 is 5.91 Å². The summed E-state index contributed by atoms with van der Waals surface area (Å²) in [6, 6.07) is 3.48. The molecule has 0 aliphatic carbocycles. The molecule has 1 atom stereocenters. The van der Waals surface area contributed by atoms with Crippen LogP contribution in [-0.4, -0.2) is 61.5 Å². The van der Waals surface area contributed by atoms with Crippen molar-refractivity contribution in [3.63, 3.8) is 0 Å². The molecule has 4 rings (SSSR count). The Morgan fingerprint density at radius 2 is 1.73 bits per heavy atom. The molecule has 0 saturated carbocycles. The van der Waals surface area contributed by atoms with Gasteiger partial charge in [-0.2, -0.15) is 0 Å². The second-order valence-corrected chi connectivity index (χ2v) is 8.65. The Hall–Kier alpha value is -2.61. The molecule has 3 heterocycles. The number of Topliss-reactive ketones (excluding diaryl/α,β-unsaturated/α-hetero) is 1. The predicted octanol–water partition coefficient (Wildman–Crippen LogP) is 1.82. The highest BCUT2D eigenvalue weighted by atomic mass is 16.6. The molecule has 3 aliphatic heterocycles. The normalized spacial score (nSPS) is 20.5. The largest absolute Gasteiger partial charge is 0.486 e. The van der Waals surface area contributed by atoms with Crippen LogP contribution in [0.5, 0.6) is 11.5 Å². The highest BCUT2D eigenvalue weighted by Gasteiger charge is 2.39. The van der Waals surface area contributed by atoms with Crippen LogP contribution in [0.3, 0.4) is 0 Å². The predicted molar refractivity (Wildman–Crippen MR) is 111 cm³/mol. The van der Waals surface area contributed by atoms with E-state index in [0.717, 1.165) is 12.8 Å². The van der Waals surface area contributed by atoms with E-state index in [1.165, 1.54) is 4.90 Å². The molecule has 0 bridgehead atoms. The van der Waals surface area contributed by atoms with Gasteiger partial charge in [-0.15, -0.1) is 0 Å². The Morgan fingerprint density at radius 1 is 1.10 bits per heavy atom. The Kier molecular flexibility index (Phi) is 5.69. The van der Waals surface area contributed by atoms with Crippen molar-refractivity contribution in [2.24, 2.45) is 11.8 Å². The van der Waals surface area contributed by atoms with E-state index in [4.69, 9.17) is 9.47 Å². The number of nitrogens with zero attached hydrogens (tertiary/aromatic N) is 2. The first-order chi connectivity index (χ1) is 14.3. The van der Waals surface area contributed by atoms with Gasteiger partial charge in [-0.1, -0.05) is 13.8 Å². The van der Waals surface area contributed by atoms with Crippen LogP contribution in [-0.2, 0) is 9.59 Å². The molecule has 1 fully saturated rings. The van der Waals surface area contributed by atoms with Gasteiger partial charge in [0.15, 0.2) is 11.5 Å². The molecule has 1 aromatic rings. The number of rotatable bonds is 5. The molecule has 1 unspecified atom stereocenters. The summed E-state index contributed by atoms with van der Waals surface area (Å²) in [4.78, 5) is 41.2. The molecular formula is C22H29N3O5. The van der Waals surface area contributed by atoms with E-state index < -0.39 is 11.7 Å². The second kappa shape index (κ2) is 8.26. The fourth-order valence-corrected chi connectivity index (χ4v) is 4.02. The Morgan fingerprint density at radius 3 is 2.37 bits per heavy atom. The maximum atomic E-state index is 12.6. The van der Waals surface area contributed by atoms with E-state index in [-0.39, 0.29) is 17.9 Å². The molecule has 1 N–H and O–H groups in total. The highest BCUT2D eigenvalue weighted by Crippen LogP contribution is 2.40. The Balaban J connectivity index is 1.40. The Labute approximate surface area is 176 Å². The number of benzene rings is 1. The molecule has 162 valence electrons. The third-order valence-corrected chi connectivity index (χ3v) is 6.31. The number of likely N-dealkylation sites (tertiary alicyclic amines) is 1. The first-order valence-electron chi connectivity index (χ1n) is 10.7. The maximum absolute atomic E-state index is 12.6. The van der Waals surface area contributed by atoms with Crippen molar-refractivity contribution in [2.45, 2.75) is 39.7 Å². The topological polar surface area (TPSA) is 88.2 Å². The quantitative estimate of drug-likeness (QED) is 0.738. The van der Waals surface area contributed by atoms with Crippen LogP contribution in [0, 0.1) is 11.8 Å². The van der Waals surface area contributed by atoms with Crippen molar-refractivity contribution < 1.29 is 23.9 Å². The van der Waals surface area contributed by atoms with Gasteiger partial charge in [-0.05, 0) is 31.7 Å². The van der Waals surface area contributed by atoms with Gasteiger partial charge in [-0.25, -0.2) is 0 Å². The number of hydrogen-bond donors (Lipinski definition) is 1. The summed E-state index contributed by atoms with van der Waals surface area (Å²) in [7, 11) is 0. The first-order valence-corrected chi connectivity index (χ1v) is 10.7. The molecule has 1 aromatic carbocycles. The summed E-state index contributed by atoms with van der Waals surface area (Å²) in [5.74, 6) is 0.512. The monoisotopic (exact) mass is 415 g/mol. The summed E-state index contributed by atoms with van der Waals surface area (Å²) >= 11 is 0. The number of carbonyl (C=O) groups is 3. The van der Waals surface area contributed by atoms with Crippen molar-refractivity contribution in [1.82, 2.24) is 10.2 Å². The lowest BCUT2D eigenvalue weighted by atomic mass is 9.95. The zero-order valence-corrected chi connectivity index (χ0v) is 17.8.